The number of rotatable bonds is 0. The van der Waals surface area contributed by atoms with Crippen LogP contribution in [0.15, 0.2) is 0 Å². The summed E-state index contributed by atoms with van der Waals surface area (Å²) in [6.45, 7) is 13.9. The quantitative estimate of drug-likeness (QED) is 0.663. The minimum absolute atomic E-state index is 0.107. The molecule has 0 aromatic carbocycles. The van der Waals surface area contributed by atoms with Crippen LogP contribution in [0.5, 0.6) is 0 Å². The van der Waals surface area contributed by atoms with Gasteiger partial charge in [-0.1, -0.05) is 34.6 Å². The van der Waals surface area contributed by atoms with Crippen LogP contribution in [-0.4, -0.2) is 11.6 Å². The van der Waals surface area contributed by atoms with Crippen molar-refractivity contribution in [2.45, 2.75) is 59.5 Å². The molecule has 0 amide bonds. The molecule has 2 nitrogen and oxygen atoms in total. The first-order chi connectivity index (χ1) is 7.05. The molecule has 2 rings (SSSR count). The molecule has 0 aliphatic heterocycles. The summed E-state index contributed by atoms with van der Waals surface area (Å²) < 4.78 is 0. The van der Waals surface area contributed by atoms with Gasteiger partial charge in [0.2, 0.25) is 0 Å². The molecule has 4 N–H and O–H groups in total. The van der Waals surface area contributed by atoms with E-state index in [0.717, 1.165) is 6.42 Å². The summed E-state index contributed by atoms with van der Waals surface area (Å²) in [6, 6.07) is 0.365. The molecular formula is C14H28N2. The Bertz CT molecular complexity index is 304. The van der Waals surface area contributed by atoms with E-state index in [4.69, 9.17) is 11.5 Å². The van der Waals surface area contributed by atoms with Gasteiger partial charge in [-0.25, -0.2) is 0 Å². The van der Waals surface area contributed by atoms with E-state index in [1.165, 1.54) is 0 Å². The largest absolute Gasteiger partial charge is 0.327 e. The third-order valence-electron chi connectivity index (χ3n) is 6.64. The van der Waals surface area contributed by atoms with E-state index in [9.17, 15) is 0 Å². The fraction of sp³-hybridized carbons (Fsp3) is 1.00. The predicted octanol–water partition coefficient (Wildman–Crippen LogP) is 2.37. The molecule has 0 aromatic heterocycles. The highest BCUT2D eigenvalue weighted by Crippen LogP contribution is 2.67. The molecular weight excluding hydrogens is 196 g/mol. The molecule has 94 valence electrons. The van der Waals surface area contributed by atoms with E-state index < -0.39 is 0 Å². The highest BCUT2D eigenvalue weighted by atomic mass is 14.9. The van der Waals surface area contributed by atoms with Gasteiger partial charge in [-0.15, -0.1) is 0 Å². The Morgan fingerprint density at radius 1 is 1.00 bits per heavy atom. The Morgan fingerprint density at radius 3 is 1.94 bits per heavy atom. The third-order valence-corrected chi connectivity index (χ3v) is 6.64. The van der Waals surface area contributed by atoms with Crippen molar-refractivity contribution in [3.8, 4) is 0 Å². The van der Waals surface area contributed by atoms with Crippen LogP contribution in [0.2, 0.25) is 0 Å². The summed E-state index contributed by atoms with van der Waals surface area (Å²) in [5.41, 5.74) is 13.2. The van der Waals surface area contributed by atoms with Crippen molar-refractivity contribution >= 4 is 0 Å². The van der Waals surface area contributed by atoms with Crippen LogP contribution in [0.1, 0.15) is 48.0 Å². The maximum absolute atomic E-state index is 6.69. The molecule has 0 radical (unpaired) electrons. The molecule has 2 heteroatoms. The first-order valence-corrected chi connectivity index (χ1v) is 6.59. The minimum Gasteiger partial charge on any atom is -0.327 e. The van der Waals surface area contributed by atoms with Crippen molar-refractivity contribution in [2.75, 3.05) is 0 Å². The fourth-order valence-corrected chi connectivity index (χ4v) is 4.75. The van der Waals surface area contributed by atoms with Crippen molar-refractivity contribution in [1.82, 2.24) is 0 Å². The van der Waals surface area contributed by atoms with Crippen LogP contribution in [0, 0.1) is 28.6 Å². The number of fused-ring (bicyclic) bond motifs is 1. The first kappa shape index (κ1) is 12.4. The molecule has 5 unspecified atom stereocenters. The Morgan fingerprint density at radius 2 is 1.50 bits per heavy atom. The monoisotopic (exact) mass is 224 g/mol. The molecule has 2 fully saturated rings. The second-order valence-corrected chi connectivity index (χ2v) is 7.54. The van der Waals surface area contributed by atoms with Gasteiger partial charge in [0.05, 0.1) is 0 Å². The molecule has 5 atom stereocenters. The lowest BCUT2D eigenvalue weighted by molar-refractivity contribution is 0.0838. The van der Waals surface area contributed by atoms with Crippen LogP contribution >= 0.6 is 0 Å². The van der Waals surface area contributed by atoms with E-state index >= 15 is 0 Å². The maximum atomic E-state index is 6.69. The Labute approximate surface area is 100 Å². The lowest BCUT2D eigenvalue weighted by atomic mass is 9.63. The van der Waals surface area contributed by atoms with E-state index in [1.807, 2.05) is 0 Å². The Hall–Kier alpha value is -0.0800. The van der Waals surface area contributed by atoms with E-state index in [1.54, 1.807) is 0 Å². The van der Waals surface area contributed by atoms with Crippen molar-refractivity contribution in [2.24, 2.45) is 40.1 Å². The molecule has 0 bridgehead atoms. The summed E-state index contributed by atoms with van der Waals surface area (Å²) in [5.74, 6) is 1.96. The predicted molar refractivity (Wildman–Crippen MR) is 68.9 cm³/mol. The van der Waals surface area contributed by atoms with Crippen LogP contribution in [0.25, 0.3) is 0 Å². The summed E-state index contributed by atoms with van der Waals surface area (Å²) in [7, 11) is 0. The zero-order valence-electron chi connectivity index (χ0n) is 11.7. The standard InChI is InChI=1S/C14H28N2/c1-8-10(15)7-9-11(8)13(4,5)14(6,16)12(9,2)3/h8-11H,7,15-16H2,1-6H3. The molecule has 0 saturated heterocycles. The minimum atomic E-state index is -0.107. The van der Waals surface area contributed by atoms with Crippen molar-refractivity contribution in [3.63, 3.8) is 0 Å². The molecule has 0 heterocycles. The van der Waals surface area contributed by atoms with Crippen molar-refractivity contribution in [1.29, 1.82) is 0 Å². The summed E-state index contributed by atoms with van der Waals surface area (Å²) in [4.78, 5) is 0. The van der Waals surface area contributed by atoms with E-state index in [-0.39, 0.29) is 16.4 Å². The zero-order chi connectivity index (χ0) is 12.5. The highest BCUT2D eigenvalue weighted by molar-refractivity contribution is 5.21. The average molecular weight is 224 g/mol. The topological polar surface area (TPSA) is 52.0 Å². The van der Waals surface area contributed by atoms with Crippen LogP contribution in [0.4, 0.5) is 0 Å². The third kappa shape index (κ3) is 1.10. The van der Waals surface area contributed by atoms with Crippen molar-refractivity contribution < 1.29 is 0 Å². The smallest absolute Gasteiger partial charge is 0.0234 e. The van der Waals surface area contributed by atoms with E-state index in [2.05, 4.69) is 41.5 Å². The normalized spacial score (nSPS) is 54.0. The summed E-state index contributed by atoms with van der Waals surface area (Å²) >= 11 is 0. The molecule has 16 heavy (non-hydrogen) atoms. The van der Waals surface area contributed by atoms with Gasteiger partial charge in [0.1, 0.15) is 0 Å². The van der Waals surface area contributed by atoms with Crippen LogP contribution in [0.3, 0.4) is 0 Å². The second kappa shape index (κ2) is 3.02. The van der Waals surface area contributed by atoms with Gasteiger partial charge >= 0.3 is 0 Å². The lowest BCUT2D eigenvalue weighted by Crippen LogP contribution is -2.57. The molecule has 0 aromatic rings. The number of hydrogen-bond acceptors (Lipinski definition) is 2. The van der Waals surface area contributed by atoms with Gasteiger partial charge in [-0.2, -0.15) is 0 Å². The molecule has 2 aliphatic rings. The number of hydrogen-bond donors (Lipinski definition) is 2. The Balaban J connectivity index is 2.51. The Kier molecular flexibility index (Phi) is 2.34. The second-order valence-electron chi connectivity index (χ2n) is 7.54. The molecule has 2 saturated carbocycles. The molecule has 0 spiro atoms. The first-order valence-electron chi connectivity index (χ1n) is 6.59. The van der Waals surface area contributed by atoms with Gasteiger partial charge < -0.3 is 11.5 Å². The fourth-order valence-electron chi connectivity index (χ4n) is 4.75. The van der Waals surface area contributed by atoms with E-state index in [0.29, 0.717) is 23.8 Å². The van der Waals surface area contributed by atoms with Crippen LogP contribution < -0.4 is 11.5 Å². The summed E-state index contributed by atoms with van der Waals surface area (Å²) in [5, 5.41) is 0. The zero-order valence-corrected chi connectivity index (χ0v) is 11.7. The number of nitrogens with two attached hydrogens (primary N) is 2. The van der Waals surface area contributed by atoms with Gasteiger partial charge in [0, 0.05) is 11.6 Å². The van der Waals surface area contributed by atoms with Gasteiger partial charge in [0.15, 0.2) is 0 Å². The molecule has 2 aliphatic carbocycles. The van der Waals surface area contributed by atoms with Gasteiger partial charge in [-0.3, -0.25) is 0 Å². The summed E-state index contributed by atoms with van der Waals surface area (Å²) in [6.07, 6.45) is 1.15. The van der Waals surface area contributed by atoms with Gasteiger partial charge in [0.25, 0.3) is 0 Å². The van der Waals surface area contributed by atoms with Crippen LogP contribution in [-0.2, 0) is 0 Å². The highest BCUT2D eigenvalue weighted by Gasteiger charge is 2.68. The average Bonchev–Trinajstić information content (AvgIpc) is 2.47. The SMILES string of the molecule is CC1C(N)CC2C1C(C)(C)C(C)(N)C2(C)C. The lowest BCUT2D eigenvalue weighted by Gasteiger charge is -2.47. The maximum Gasteiger partial charge on any atom is 0.0234 e. The van der Waals surface area contributed by atoms with Crippen molar-refractivity contribution in [3.05, 3.63) is 0 Å². The van der Waals surface area contributed by atoms with Gasteiger partial charge in [-0.05, 0) is 41.9 Å².